The summed E-state index contributed by atoms with van der Waals surface area (Å²) in [6, 6.07) is 9.13. The molecule has 0 amide bonds. The van der Waals surface area contributed by atoms with Gasteiger partial charge >= 0.3 is 6.18 Å². The van der Waals surface area contributed by atoms with Gasteiger partial charge < -0.3 is 0 Å². The molecule has 1 atom stereocenters. The van der Waals surface area contributed by atoms with Gasteiger partial charge in [0.05, 0.1) is 14.8 Å². The third-order valence-corrected chi connectivity index (χ3v) is 5.63. The first-order valence-corrected chi connectivity index (χ1v) is 8.20. The van der Waals surface area contributed by atoms with Gasteiger partial charge in [-0.05, 0) is 36.8 Å². The van der Waals surface area contributed by atoms with Crippen LogP contribution >= 0.6 is 11.6 Å². The Balaban J connectivity index is 2.47. The Kier molecular flexibility index (Phi) is 4.47. The first-order valence-electron chi connectivity index (χ1n) is 6.34. The Hall–Kier alpha value is -1.60. The Labute approximate surface area is 135 Å². The number of rotatable bonds is 3. The fourth-order valence-electron chi connectivity index (χ4n) is 1.90. The second-order valence-electron chi connectivity index (χ2n) is 4.96. The Morgan fingerprint density at radius 3 is 1.91 bits per heavy atom. The monoisotopic (exact) mass is 366 g/mol. The molecular formula is C15H11ClF4O2S. The van der Waals surface area contributed by atoms with E-state index in [1.807, 2.05) is 0 Å². The maximum absolute atomic E-state index is 13.8. The van der Waals surface area contributed by atoms with Crippen LogP contribution in [-0.2, 0) is 15.5 Å². The Bertz CT molecular complexity index is 812. The third-order valence-electron chi connectivity index (χ3n) is 3.37. The van der Waals surface area contributed by atoms with Crippen molar-refractivity contribution in [3.63, 3.8) is 0 Å². The molecule has 2 aromatic rings. The average Bonchev–Trinajstić information content (AvgIpc) is 2.46. The molecule has 0 aliphatic heterocycles. The van der Waals surface area contributed by atoms with Crippen LogP contribution in [0, 0.1) is 0 Å². The van der Waals surface area contributed by atoms with Gasteiger partial charge in [0.2, 0.25) is 15.5 Å². The highest BCUT2D eigenvalue weighted by atomic mass is 35.5. The molecular weight excluding hydrogens is 356 g/mol. The Morgan fingerprint density at radius 1 is 0.913 bits per heavy atom. The second-order valence-corrected chi connectivity index (χ2v) is 7.28. The van der Waals surface area contributed by atoms with Crippen LogP contribution in [-0.4, -0.2) is 14.6 Å². The minimum absolute atomic E-state index is 0.0119. The molecule has 0 N–H and O–H groups in total. The number of sulfone groups is 1. The van der Waals surface area contributed by atoms with E-state index in [1.54, 1.807) is 6.07 Å². The van der Waals surface area contributed by atoms with E-state index in [0.29, 0.717) is 6.92 Å². The van der Waals surface area contributed by atoms with Crippen LogP contribution in [0.3, 0.4) is 0 Å². The van der Waals surface area contributed by atoms with Crippen molar-refractivity contribution in [2.45, 2.75) is 28.6 Å². The van der Waals surface area contributed by atoms with Crippen LogP contribution in [0.4, 0.5) is 17.6 Å². The van der Waals surface area contributed by atoms with E-state index in [4.69, 9.17) is 11.6 Å². The van der Waals surface area contributed by atoms with Gasteiger partial charge in [0, 0.05) is 0 Å². The van der Waals surface area contributed by atoms with Crippen LogP contribution in [0.5, 0.6) is 0 Å². The summed E-state index contributed by atoms with van der Waals surface area (Å²) in [7, 11) is -4.00. The lowest BCUT2D eigenvalue weighted by Gasteiger charge is -2.24. The smallest absolute Gasteiger partial charge is 0.229 e. The van der Waals surface area contributed by atoms with Crippen molar-refractivity contribution in [3.05, 3.63) is 59.1 Å². The van der Waals surface area contributed by atoms with Gasteiger partial charge in [0.1, 0.15) is 0 Å². The molecule has 2 aromatic carbocycles. The number of benzene rings is 2. The molecule has 0 aliphatic rings. The molecule has 124 valence electrons. The van der Waals surface area contributed by atoms with E-state index in [9.17, 15) is 26.0 Å². The topological polar surface area (TPSA) is 34.1 Å². The summed E-state index contributed by atoms with van der Waals surface area (Å²) in [6.07, 6.45) is -5.10. The van der Waals surface area contributed by atoms with Crippen molar-refractivity contribution < 1.29 is 26.0 Å². The largest absolute Gasteiger partial charge is 0.426 e. The fourth-order valence-corrected chi connectivity index (χ4v) is 3.67. The van der Waals surface area contributed by atoms with Gasteiger partial charge in [0.25, 0.3) is 0 Å². The quantitative estimate of drug-likeness (QED) is 0.722. The number of halogens is 5. The number of hydrogen-bond acceptors (Lipinski definition) is 2. The van der Waals surface area contributed by atoms with Gasteiger partial charge in [-0.15, -0.1) is 0 Å². The number of hydrogen-bond donors (Lipinski definition) is 0. The third kappa shape index (κ3) is 3.21. The number of alkyl halides is 4. The molecule has 0 fully saturated rings. The van der Waals surface area contributed by atoms with E-state index in [0.717, 1.165) is 24.3 Å². The molecule has 0 aliphatic carbocycles. The molecule has 23 heavy (non-hydrogen) atoms. The average molecular weight is 367 g/mol. The standard InChI is InChI=1S/C15H11ClF4O2S/c1-14(17,15(18,19)20)10-6-8-11(9-7-10)23(21,22)13-5-3-2-4-12(13)16/h2-9H,1H3. The zero-order chi connectivity index (χ0) is 17.5. The molecule has 0 saturated heterocycles. The van der Waals surface area contributed by atoms with Gasteiger partial charge in [-0.3, -0.25) is 0 Å². The molecule has 1 unspecified atom stereocenters. The van der Waals surface area contributed by atoms with Crippen molar-refractivity contribution in [2.75, 3.05) is 0 Å². The van der Waals surface area contributed by atoms with E-state index < -0.39 is 27.2 Å². The van der Waals surface area contributed by atoms with Crippen molar-refractivity contribution in [2.24, 2.45) is 0 Å². The molecule has 0 aromatic heterocycles. The summed E-state index contributed by atoms with van der Waals surface area (Å²) in [5.41, 5.74) is -4.25. The van der Waals surface area contributed by atoms with Gasteiger partial charge in [0.15, 0.2) is 0 Å². The van der Waals surface area contributed by atoms with E-state index in [2.05, 4.69) is 0 Å². The van der Waals surface area contributed by atoms with Crippen LogP contribution in [0.25, 0.3) is 0 Å². The summed E-state index contributed by atoms with van der Waals surface area (Å²) in [4.78, 5) is -0.444. The van der Waals surface area contributed by atoms with Crippen LogP contribution < -0.4 is 0 Å². The second kappa shape index (κ2) is 5.79. The normalized spacial score (nSPS) is 15.2. The van der Waals surface area contributed by atoms with Crippen molar-refractivity contribution in [3.8, 4) is 0 Å². The highest BCUT2D eigenvalue weighted by molar-refractivity contribution is 7.91. The zero-order valence-corrected chi connectivity index (χ0v) is 13.3. The maximum atomic E-state index is 13.8. The van der Waals surface area contributed by atoms with Crippen LogP contribution in [0.1, 0.15) is 12.5 Å². The summed E-state index contributed by atoms with van der Waals surface area (Å²) in [6.45, 7) is 0.380. The summed E-state index contributed by atoms with van der Waals surface area (Å²) < 4.78 is 76.7. The van der Waals surface area contributed by atoms with Crippen LogP contribution in [0.15, 0.2) is 58.3 Å². The van der Waals surface area contributed by atoms with E-state index in [-0.39, 0.29) is 14.8 Å². The Morgan fingerprint density at radius 2 is 1.43 bits per heavy atom. The fraction of sp³-hybridized carbons (Fsp3) is 0.200. The predicted molar refractivity (Wildman–Crippen MR) is 77.9 cm³/mol. The lowest BCUT2D eigenvalue weighted by Crippen LogP contribution is -2.34. The molecule has 8 heteroatoms. The molecule has 0 heterocycles. The van der Waals surface area contributed by atoms with Crippen molar-refractivity contribution in [1.29, 1.82) is 0 Å². The maximum Gasteiger partial charge on any atom is 0.426 e. The molecule has 2 rings (SSSR count). The lowest BCUT2D eigenvalue weighted by molar-refractivity contribution is -0.228. The molecule has 0 radical (unpaired) electrons. The summed E-state index contributed by atoms with van der Waals surface area (Å²) in [5.74, 6) is 0. The zero-order valence-electron chi connectivity index (χ0n) is 11.7. The minimum atomic E-state index is -5.10. The highest BCUT2D eigenvalue weighted by Crippen LogP contribution is 2.42. The molecule has 0 saturated carbocycles. The van der Waals surface area contributed by atoms with Crippen molar-refractivity contribution in [1.82, 2.24) is 0 Å². The molecule has 0 bridgehead atoms. The minimum Gasteiger partial charge on any atom is -0.229 e. The summed E-state index contributed by atoms with van der Waals surface area (Å²) in [5, 5.41) is -0.0119. The first kappa shape index (κ1) is 17.7. The van der Waals surface area contributed by atoms with Crippen LogP contribution in [0.2, 0.25) is 5.02 Å². The predicted octanol–water partition coefficient (Wildman–Crippen LogP) is 4.92. The molecule has 2 nitrogen and oxygen atoms in total. The van der Waals surface area contributed by atoms with E-state index >= 15 is 0 Å². The summed E-state index contributed by atoms with van der Waals surface area (Å²) >= 11 is 5.83. The van der Waals surface area contributed by atoms with Crippen molar-refractivity contribution >= 4 is 21.4 Å². The van der Waals surface area contributed by atoms with Gasteiger partial charge in [-0.1, -0.05) is 35.9 Å². The van der Waals surface area contributed by atoms with E-state index in [1.165, 1.54) is 18.2 Å². The van der Waals surface area contributed by atoms with Gasteiger partial charge in [-0.25, -0.2) is 12.8 Å². The lowest BCUT2D eigenvalue weighted by atomic mass is 9.97. The van der Waals surface area contributed by atoms with Gasteiger partial charge in [-0.2, -0.15) is 13.2 Å². The first-order chi connectivity index (χ1) is 10.5. The molecule has 0 spiro atoms. The SMILES string of the molecule is CC(F)(c1ccc(S(=O)(=O)c2ccccc2Cl)cc1)C(F)(F)F. The highest BCUT2D eigenvalue weighted by Gasteiger charge is 2.53.